The average Bonchev–Trinajstić information content (AvgIpc) is 2.50. The zero-order chi connectivity index (χ0) is 15.0. The zero-order valence-electron chi connectivity index (χ0n) is 12.3. The molecule has 1 atom stereocenters. The minimum atomic E-state index is -0.590. The molecule has 0 bridgehead atoms. The van der Waals surface area contributed by atoms with Gasteiger partial charge in [0.25, 0.3) is 0 Å². The Morgan fingerprint density at radius 2 is 1.80 bits per heavy atom. The molecule has 0 saturated carbocycles. The summed E-state index contributed by atoms with van der Waals surface area (Å²) in [7, 11) is 1.35. The van der Waals surface area contributed by atoms with Crippen LogP contribution in [0.4, 0.5) is 0 Å². The first-order valence-corrected chi connectivity index (χ1v) is 7.00. The molecule has 1 unspecified atom stereocenters. The lowest BCUT2D eigenvalue weighted by atomic mass is 10.1. The van der Waals surface area contributed by atoms with E-state index < -0.39 is 6.10 Å². The van der Waals surface area contributed by atoms with Gasteiger partial charge in [0.1, 0.15) is 5.75 Å². The van der Waals surface area contributed by atoms with E-state index in [0.29, 0.717) is 24.2 Å². The first-order chi connectivity index (χ1) is 9.62. The van der Waals surface area contributed by atoms with Gasteiger partial charge in [-0.3, -0.25) is 4.79 Å². The average molecular weight is 278 g/mol. The SMILES string of the molecule is CCCCC(Oc1ccc(C(=O)CC)cc1)C(=O)OC. The van der Waals surface area contributed by atoms with Crippen LogP contribution in [0.25, 0.3) is 0 Å². The summed E-state index contributed by atoms with van der Waals surface area (Å²) in [6, 6.07) is 6.86. The largest absolute Gasteiger partial charge is 0.479 e. The molecule has 1 rings (SSSR count). The molecule has 0 aliphatic carbocycles. The van der Waals surface area contributed by atoms with E-state index in [-0.39, 0.29) is 11.8 Å². The van der Waals surface area contributed by atoms with Crippen molar-refractivity contribution in [3.8, 4) is 5.75 Å². The third-order valence-electron chi connectivity index (χ3n) is 3.06. The molecule has 20 heavy (non-hydrogen) atoms. The number of ether oxygens (including phenoxy) is 2. The van der Waals surface area contributed by atoms with Crippen molar-refractivity contribution in [1.82, 2.24) is 0 Å². The van der Waals surface area contributed by atoms with Crippen molar-refractivity contribution < 1.29 is 19.1 Å². The van der Waals surface area contributed by atoms with Gasteiger partial charge in [-0.2, -0.15) is 0 Å². The van der Waals surface area contributed by atoms with Crippen molar-refractivity contribution in [3.05, 3.63) is 29.8 Å². The molecule has 0 aliphatic heterocycles. The Bertz CT molecular complexity index is 436. The fourth-order valence-corrected chi connectivity index (χ4v) is 1.83. The number of rotatable bonds is 8. The van der Waals surface area contributed by atoms with Crippen LogP contribution in [0, 0.1) is 0 Å². The third kappa shape index (κ3) is 4.68. The van der Waals surface area contributed by atoms with Crippen molar-refractivity contribution >= 4 is 11.8 Å². The molecule has 0 aromatic heterocycles. The van der Waals surface area contributed by atoms with Crippen molar-refractivity contribution in [1.29, 1.82) is 0 Å². The molecule has 1 aromatic carbocycles. The van der Waals surface area contributed by atoms with Crippen molar-refractivity contribution in [2.24, 2.45) is 0 Å². The molecule has 110 valence electrons. The lowest BCUT2D eigenvalue weighted by molar-refractivity contribution is -0.149. The van der Waals surface area contributed by atoms with E-state index in [0.717, 1.165) is 12.8 Å². The van der Waals surface area contributed by atoms with Gasteiger partial charge in [-0.15, -0.1) is 0 Å². The Labute approximate surface area is 120 Å². The van der Waals surface area contributed by atoms with Gasteiger partial charge in [0.15, 0.2) is 11.9 Å². The monoisotopic (exact) mass is 278 g/mol. The van der Waals surface area contributed by atoms with E-state index in [1.807, 2.05) is 6.92 Å². The summed E-state index contributed by atoms with van der Waals surface area (Å²) in [6.07, 6.45) is 2.39. The maximum Gasteiger partial charge on any atom is 0.347 e. The number of hydrogen-bond donors (Lipinski definition) is 0. The second-order valence-corrected chi connectivity index (χ2v) is 4.57. The first kappa shape index (κ1) is 16.2. The number of methoxy groups -OCH3 is 1. The fraction of sp³-hybridized carbons (Fsp3) is 0.500. The van der Waals surface area contributed by atoms with Crippen LogP contribution in [0.3, 0.4) is 0 Å². The van der Waals surface area contributed by atoms with E-state index in [4.69, 9.17) is 9.47 Å². The van der Waals surface area contributed by atoms with Gasteiger partial charge in [0.2, 0.25) is 0 Å². The topological polar surface area (TPSA) is 52.6 Å². The number of ketones is 1. The van der Waals surface area contributed by atoms with Crippen LogP contribution < -0.4 is 4.74 Å². The van der Waals surface area contributed by atoms with Gasteiger partial charge < -0.3 is 9.47 Å². The van der Waals surface area contributed by atoms with Crippen molar-refractivity contribution in [3.63, 3.8) is 0 Å². The molecule has 0 fully saturated rings. The van der Waals surface area contributed by atoms with Crippen LogP contribution in [-0.4, -0.2) is 25.0 Å². The predicted molar refractivity (Wildman–Crippen MR) is 77.0 cm³/mol. The number of carbonyl (C=O) groups is 2. The Balaban J connectivity index is 2.72. The van der Waals surface area contributed by atoms with Crippen LogP contribution in [0.5, 0.6) is 5.75 Å². The van der Waals surface area contributed by atoms with Gasteiger partial charge in [-0.25, -0.2) is 4.79 Å². The smallest absolute Gasteiger partial charge is 0.347 e. The minimum Gasteiger partial charge on any atom is -0.479 e. The third-order valence-corrected chi connectivity index (χ3v) is 3.06. The molecule has 0 saturated heterocycles. The molecule has 0 spiro atoms. The molecular formula is C16H22O4. The van der Waals surface area contributed by atoms with Crippen LogP contribution in [0.1, 0.15) is 49.9 Å². The fourth-order valence-electron chi connectivity index (χ4n) is 1.83. The van der Waals surface area contributed by atoms with Crippen LogP contribution in [0.15, 0.2) is 24.3 Å². The molecule has 0 heterocycles. The lowest BCUT2D eigenvalue weighted by Gasteiger charge is -2.16. The predicted octanol–water partition coefficient (Wildman–Crippen LogP) is 3.39. The second kappa shape index (κ2) is 8.35. The molecule has 0 amide bonds. The van der Waals surface area contributed by atoms with Crippen molar-refractivity contribution in [2.45, 2.75) is 45.6 Å². The highest BCUT2D eigenvalue weighted by atomic mass is 16.6. The lowest BCUT2D eigenvalue weighted by Crippen LogP contribution is -2.28. The molecule has 0 radical (unpaired) electrons. The maximum absolute atomic E-state index is 11.6. The molecule has 1 aromatic rings. The summed E-state index contributed by atoms with van der Waals surface area (Å²) in [6.45, 7) is 3.88. The summed E-state index contributed by atoms with van der Waals surface area (Å²) >= 11 is 0. The standard InChI is InChI=1S/C16H22O4/c1-4-6-7-15(16(18)19-3)20-13-10-8-12(9-11-13)14(17)5-2/h8-11,15H,4-7H2,1-3H3. The Kier molecular flexibility index (Phi) is 6.77. The summed E-state index contributed by atoms with van der Waals surface area (Å²) in [4.78, 5) is 23.2. The molecule has 0 N–H and O–H groups in total. The molecule has 4 nitrogen and oxygen atoms in total. The zero-order valence-corrected chi connectivity index (χ0v) is 12.3. The van der Waals surface area contributed by atoms with Gasteiger partial charge in [0.05, 0.1) is 7.11 Å². The summed E-state index contributed by atoms with van der Waals surface area (Å²) < 4.78 is 10.4. The highest BCUT2D eigenvalue weighted by molar-refractivity contribution is 5.95. The minimum absolute atomic E-state index is 0.0899. The Morgan fingerprint density at radius 1 is 1.15 bits per heavy atom. The Hall–Kier alpha value is -1.84. The molecule has 0 aliphatic rings. The number of hydrogen-bond acceptors (Lipinski definition) is 4. The number of benzene rings is 1. The van der Waals surface area contributed by atoms with Gasteiger partial charge in [0, 0.05) is 12.0 Å². The van der Waals surface area contributed by atoms with E-state index in [1.165, 1.54) is 7.11 Å². The Morgan fingerprint density at radius 3 is 2.30 bits per heavy atom. The molecule has 4 heteroatoms. The van der Waals surface area contributed by atoms with Gasteiger partial charge >= 0.3 is 5.97 Å². The summed E-state index contributed by atoms with van der Waals surface area (Å²) in [5.74, 6) is 0.295. The van der Waals surface area contributed by atoms with Gasteiger partial charge in [-0.05, 0) is 37.1 Å². The van der Waals surface area contributed by atoms with Gasteiger partial charge in [-0.1, -0.05) is 20.3 Å². The highest BCUT2D eigenvalue weighted by Gasteiger charge is 2.20. The number of Topliss-reactive ketones (excluding diaryl/α,β-unsaturated/α-hetero) is 1. The van der Waals surface area contributed by atoms with E-state index >= 15 is 0 Å². The summed E-state index contributed by atoms with van der Waals surface area (Å²) in [5, 5.41) is 0. The van der Waals surface area contributed by atoms with Crippen molar-refractivity contribution in [2.75, 3.05) is 7.11 Å². The second-order valence-electron chi connectivity index (χ2n) is 4.57. The van der Waals surface area contributed by atoms with E-state index in [2.05, 4.69) is 6.92 Å². The number of esters is 1. The number of unbranched alkanes of at least 4 members (excludes halogenated alkanes) is 1. The normalized spacial score (nSPS) is 11.8. The molecular weight excluding hydrogens is 256 g/mol. The maximum atomic E-state index is 11.6. The van der Waals surface area contributed by atoms with E-state index in [9.17, 15) is 9.59 Å². The van der Waals surface area contributed by atoms with Crippen LogP contribution in [0.2, 0.25) is 0 Å². The van der Waals surface area contributed by atoms with Crippen LogP contribution in [-0.2, 0) is 9.53 Å². The number of carbonyl (C=O) groups excluding carboxylic acids is 2. The van der Waals surface area contributed by atoms with E-state index in [1.54, 1.807) is 24.3 Å². The first-order valence-electron chi connectivity index (χ1n) is 7.00. The quantitative estimate of drug-likeness (QED) is 0.540. The highest BCUT2D eigenvalue weighted by Crippen LogP contribution is 2.17. The van der Waals surface area contributed by atoms with Crippen LogP contribution >= 0.6 is 0 Å². The summed E-state index contributed by atoms with van der Waals surface area (Å²) in [5.41, 5.74) is 0.656.